The predicted molar refractivity (Wildman–Crippen MR) is 88.4 cm³/mol. The Balaban J connectivity index is 2.29. The Bertz CT molecular complexity index is 738. The highest BCUT2D eigenvalue weighted by atomic mass is 16.6. The summed E-state index contributed by atoms with van der Waals surface area (Å²) in [4.78, 5) is 12.2. The fraction of sp³-hybridized carbons (Fsp3) is 0.150. The molecular weight excluding hydrogens is 272 g/mol. The van der Waals surface area contributed by atoms with Crippen molar-refractivity contribution in [2.45, 2.75) is 19.4 Å². The van der Waals surface area contributed by atoms with E-state index in [0.29, 0.717) is 5.57 Å². The van der Waals surface area contributed by atoms with Gasteiger partial charge in [-0.15, -0.1) is 0 Å². The molecule has 1 aliphatic rings. The zero-order chi connectivity index (χ0) is 15.7. The summed E-state index contributed by atoms with van der Waals surface area (Å²) in [5.41, 5.74) is 3.70. The van der Waals surface area contributed by atoms with Crippen LogP contribution in [-0.2, 0) is 15.1 Å². The molecule has 0 atom stereocenters. The number of esters is 1. The second kappa shape index (κ2) is 5.30. The van der Waals surface area contributed by atoms with Gasteiger partial charge >= 0.3 is 5.97 Å². The average molecular weight is 290 g/mol. The van der Waals surface area contributed by atoms with Crippen LogP contribution in [0, 0.1) is 0 Å². The van der Waals surface area contributed by atoms with E-state index >= 15 is 0 Å². The predicted octanol–water partition coefficient (Wildman–Crippen LogP) is 4.61. The summed E-state index contributed by atoms with van der Waals surface area (Å²) in [7, 11) is 0. The number of rotatable bonds is 3. The maximum Gasteiger partial charge on any atom is 0.334 e. The van der Waals surface area contributed by atoms with Crippen LogP contribution < -0.4 is 0 Å². The highest BCUT2D eigenvalue weighted by Crippen LogP contribution is 2.50. The minimum absolute atomic E-state index is 0.385. The van der Waals surface area contributed by atoms with Crippen LogP contribution in [0.3, 0.4) is 0 Å². The molecule has 22 heavy (non-hydrogen) atoms. The molecule has 0 aromatic heterocycles. The van der Waals surface area contributed by atoms with Crippen molar-refractivity contribution in [3.63, 3.8) is 0 Å². The van der Waals surface area contributed by atoms with Gasteiger partial charge in [0.05, 0.1) is 0 Å². The zero-order valence-electron chi connectivity index (χ0n) is 12.8. The first-order chi connectivity index (χ1) is 10.6. The monoisotopic (exact) mass is 290 g/mol. The fourth-order valence-corrected chi connectivity index (χ4v) is 3.02. The van der Waals surface area contributed by atoms with Gasteiger partial charge in [0.15, 0.2) is 5.60 Å². The van der Waals surface area contributed by atoms with E-state index in [1.165, 1.54) is 0 Å². The number of hydrogen-bond acceptors (Lipinski definition) is 2. The van der Waals surface area contributed by atoms with Crippen molar-refractivity contribution in [1.29, 1.82) is 0 Å². The van der Waals surface area contributed by atoms with Crippen molar-refractivity contribution in [1.82, 2.24) is 0 Å². The Hall–Kier alpha value is -2.61. The van der Waals surface area contributed by atoms with Crippen LogP contribution in [0.5, 0.6) is 0 Å². The topological polar surface area (TPSA) is 26.3 Å². The molecule has 0 saturated heterocycles. The number of allylic oxidation sites excluding steroid dienone is 1. The Morgan fingerprint density at radius 3 is 2.00 bits per heavy atom. The van der Waals surface area contributed by atoms with E-state index in [1.54, 1.807) is 6.92 Å². The Labute approximate surface area is 130 Å². The first kappa shape index (κ1) is 14.3. The lowest BCUT2D eigenvalue weighted by molar-refractivity contribution is -0.147. The molecule has 110 valence electrons. The van der Waals surface area contributed by atoms with E-state index < -0.39 is 5.60 Å². The lowest BCUT2D eigenvalue weighted by Crippen LogP contribution is -2.30. The molecule has 1 aliphatic carbocycles. The second-order valence-electron chi connectivity index (χ2n) is 5.50. The molecule has 0 amide bonds. The Morgan fingerprint density at radius 2 is 1.55 bits per heavy atom. The summed E-state index contributed by atoms with van der Waals surface area (Å²) in [6.45, 7) is 7.30. The van der Waals surface area contributed by atoms with Crippen LogP contribution in [0.2, 0.25) is 0 Å². The summed E-state index contributed by atoms with van der Waals surface area (Å²) in [5.74, 6) is -0.385. The van der Waals surface area contributed by atoms with Crippen molar-refractivity contribution in [2.24, 2.45) is 0 Å². The molecule has 0 saturated carbocycles. The summed E-state index contributed by atoms with van der Waals surface area (Å²) in [5, 5.41) is 0. The van der Waals surface area contributed by atoms with Crippen LogP contribution in [0.25, 0.3) is 11.1 Å². The minimum atomic E-state index is -0.877. The van der Waals surface area contributed by atoms with Gasteiger partial charge in [0.25, 0.3) is 0 Å². The quantitative estimate of drug-likeness (QED) is 0.469. The van der Waals surface area contributed by atoms with Crippen molar-refractivity contribution in [3.8, 4) is 11.1 Å². The summed E-state index contributed by atoms with van der Waals surface area (Å²) < 4.78 is 5.93. The maximum absolute atomic E-state index is 12.2. The molecule has 3 rings (SSSR count). The van der Waals surface area contributed by atoms with Crippen LogP contribution in [0.15, 0.2) is 72.8 Å². The standard InChI is InChI=1S/C20H18O2/c1-4-13-20(22-19(21)14(2)3)17-11-7-5-9-15(17)16-10-6-8-12-18(16)20/h4-13H,2H2,1,3H3. The molecular formula is C20H18O2. The van der Waals surface area contributed by atoms with Gasteiger partial charge in [-0.05, 0) is 31.1 Å². The number of carbonyl (C=O) groups is 1. The number of benzene rings is 2. The van der Waals surface area contributed by atoms with Gasteiger partial charge in [-0.2, -0.15) is 0 Å². The maximum atomic E-state index is 12.2. The number of hydrogen-bond donors (Lipinski definition) is 0. The molecule has 2 aromatic carbocycles. The highest BCUT2D eigenvalue weighted by molar-refractivity contribution is 5.90. The molecule has 0 bridgehead atoms. The van der Waals surface area contributed by atoms with Gasteiger partial charge in [-0.25, -0.2) is 4.79 Å². The summed E-state index contributed by atoms with van der Waals surface area (Å²) >= 11 is 0. The molecule has 0 aliphatic heterocycles. The lowest BCUT2D eigenvalue weighted by atomic mass is 9.90. The van der Waals surface area contributed by atoms with E-state index in [1.807, 2.05) is 55.5 Å². The fourth-order valence-electron chi connectivity index (χ4n) is 3.02. The molecule has 2 heteroatoms. The Kier molecular flexibility index (Phi) is 3.45. The number of carbonyl (C=O) groups excluding carboxylic acids is 1. The molecule has 0 heterocycles. The van der Waals surface area contributed by atoms with Crippen molar-refractivity contribution in [2.75, 3.05) is 0 Å². The van der Waals surface area contributed by atoms with Crippen LogP contribution in [-0.4, -0.2) is 5.97 Å². The van der Waals surface area contributed by atoms with Crippen LogP contribution in [0.1, 0.15) is 25.0 Å². The molecule has 2 aromatic rings. The van der Waals surface area contributed by atoms with E-state index in [9.17, 15) is 4.79 Å². The van der Waals surface area contributed by atoms with Crippen molar-refractivity contribution in [3.05, 3.63) is 84.0 Å². The Morgan fingerprint density at radius 1 is 1.05 bits per heavy atom. The lowest BCUT2D eigenvalue weighted by Gasteiger charge is -2.28. The van der Waals surface area contributed by atoms with Crippen LogP contribution in [0.4, 0.5) is 0 Å². The summed E-state index contributed by atoms with van der Waals surface area (Å²) in [6, 6.07) is 16.1. The zero-order valence-corrected chi connectivity index (χ0v) is 12.8. The van der Waals surface area contributed by atoms with Gasteiger partial charge in [0.1, 0.15) is 0 Å². The smallest absolute Gasteiger partial charge is 0.334 e. The normalized spacial score (nSPS) is 14.5. The van der Waals surface area contributed by atoms with Crippen molar-refractivity contribution >= 4 is 5.97 Å². The van der Waals surface area contributed by atoms with E-state index in [0.717, 1.165) is 22.3 Å². The summed E-state index contributed by atoms with van der Waals surface area (Å²) in [6.07, 6.45) is 3.86. The average Bonchev–Trinajstić information content (AvgIpc) is 2.79. The molecule has 0 fully saturated rings. The molecule has 0 radical (unpaired) electrons. The van der Waals surface area contributed by atoms with Gasteiger partial charge < -0.3 is 4.74 Å². The van der Waals surface area contributed by atoms with Gasteiger partial charge in [0.2, 0.25) is 0 Å². The highest BCUT2D eigenvalue weighted by Gasteiger charge is 2.44. The third kappa shape index (κ3) is 2.00. The van der Waals surface area contributed by atoms with Gasteiger partial charge in [-0.1, -0.05) is 61.2 Å². The van der Waals surface area contributed by atoms with E-state index in [-0.39, 0.29) is 5.97 Å². The van der Waals surface area contributed by atoms with Crippen LogP contribution >= 0.6 is 0 Å². The third-order valence-corrected chi connectivity index (χ3v) is 3.95. The molecule has 0 spiro atoms. The van der Waals surface area contributed by atoms with Crippen molar-refractivity contribution < 1.29 is 9.53 Å². The second-order valence-corrected chi connectivity index (χ2v) is 5.50. The first-order valence-corrected chi connectivity index (χ1v) is 7.32. The molecule has 0 N–H and O–H groups in total. The SMILES string of the molecule is C=C(C)C(=O)OC1(C=CC)c2ccccc2-c2ccccc21. The first-order valence-electron chi connectivity index (χ1n) is 7.32. The molecule has 0 unspecified atom stereocenters. The van der Waals surface area contributed by atoms with E-state index in [4.69, 9.17) is 4.74 Å². The largest absolute Gasteiger partial charge is 0.441 e. The van der Waals surface area contributed by atoms with Gasteiger partial charge in [-0.3, -0.25) is 0 Å². The van der Waals surface area contributed by atoms with Gasteiger partial charge in [0, 0.05) is 16.7 Å². The number of ether oxygens (including phenoxy) is 1. The minimum Gasteiger partial charge on any atom is -0.441 e. The molecule has 2 nitrogen and oxygen atoms in total. The third-order valence-electron chi connectivity index (χ3n) is 3.95. The van der Waals surface area contributed by atoms with E-state index in [2.05, 4.69) is 18.7 Å². The number of fused-ring (bicyclic) bond motifs is 3.